The highest BCUT2D eigenvalue weighted by molar-refractivity contribution is 6.31. The highest BCUT2D eigenvalue weighted by Crippen LogP contribution is 2.27. The minimum atomic E-state index is -1.03. The second-order valence-electron chi connectivity index (χ2n) is 3.20. The molecule has 2 rings (SSSR count). The molecule has 0 heterocycles. The Kier molecular flexibility index (Phi) is 2.25. The molecule has 0 bridgehead atoms. The summed E-state index contributed by atoms with van der Waals surface area (Å²) in [5, 5.41) is 11.0. The summed E-state index contributed by atoms with van der Waals surface area (Å²) in [4.78, 5) is 10.8. The monoisotopic (exact) mass is 221 g/mol. The molecule has 0 atom stereocenters. The van der Waals surface area contributed by atoms with Crippen LogP contribution in [0.3, 0.4) is 0 Å². The van der Waals surface area contributed by atoms with E-state index >= 15 is 0 Å². The molecule has 4 heteroatoms. The first-order valence-electron chi connectivity index (χ1n) is 4.30. The summed E-state index contributed by atoms with van der Waals surface area (Å²) in [5.74, 6) is -1.03. The number of carboxylic acid groups (broad SMARTS) is 1. The van der Waals surface area contributed by atoms with Crippen LogP contribution in [0.15, 0.2) is 30.3 Å². The topological polar surface area (TPSA) is 63.3 Å². The summed E-state index contributed by atoms with van der Waals surface area (Å²) >= 11 is 5.82. The normalized spacial score (nSPS) is 10.5. The Balaban J connectivity index is 2.82. The van der Waals surface area contributed by atoms with E-state index in [4.69, 9.17) is 22.4 Å². The quantitative estimate of drug-likeness (QED) is 0.728. The van der Waals surface area contributed by atoms with Gasteiger partial charge in [0.1, 0.15) is 0 Å². The Hall–Kier alpha value is -1.74. The SMILES string of the molecule is Nc1c(C(=O)O)ccc2ccc(Cl)cc12. The lowest BCUT2D eigenvalue weighted by molar-refractivity contribution is 0.0698. The fraction of sp³-hybridized carbons (Fsp3) is 0. The minimum Gasteiger partial charge on any atom is -0.478 e. The number of fused-ring (bicyclic) bond motifs is 1. The van der Waals surface area contributed by atoms with E-state index in [0.29, 0.717) is 10.4 Å². The third-order valence-corrected chi connectivity index (χ3v) is 2.49. The number of carbonyl (C=O) groups is 1. The fourth-order valence-corrected chi connectivity index (χ4v) is 1.67. The van der Waals surface area contributed by atoms with Crippen LogP contribution < -0.4 is 5.73 Å². The number of nitrogen functional groups attached to an aromatic ring is 1. The molecule has 0 spiro atoms. The molecule has 0 unspecified atom stereocenters. The molecule has 15 heavy (non-hydrogen) atoms. The highest BCUT2D eigenvalue weighted by atomic mass is 35.5. The number of hydrogen-bond donors (Lipinski definition) is 2. The molecule has 0 radical (unpaired) electrons. The van der Waals surface area contributed by atoms with Gasteiger partial charge in [0.05, 0.1) is 11.3 Å². The Bertz CT molecular complexity index is 552. The number of anilines is 1. The van der Waals surface area contributed by atoms with Crippen LogP contribution in [-0.2, 0) is 0 Å². The van der Waals surface area contributed by atoms with E-state index in [1.165, 1.54) is 6.07 Å². The second-order valence-corrected chi connectivity index (χ2v) is 3.63. The van der Waals surface area contributed by atoms with Gasteiger partial charge in [-0.3, -0.25) is 0 Å². The zero-order chi connectivity index (χ0) is 11.0. The Labute approximate surface area is 91.1 Å². The predicted molar refractivity (Wildman–Crippen MR) is 60.3 cm³/mol. The van der Waals surface area contributed by atoms with Crippen molar-refractivity contribution in [2.24, 2.45) is 0 Å². The van der Waals surface area contributed by atoms with Crippen molar-refractivity contribution in [3.05, 3.63) is 40.9 Å². The smallest absolute Gasteiger partial charge is 0.337 e. The molecule has 0 aliphatic heterocycles. The maximum absolute atomic E-state index is 10.8. The zero-order valence-corrected chi connectivity index (χ0v) is 8.45. The summed E-state index contributed by atoms with van der Waals surface area (Å²) < 4.78 is 0. The maximum Gasteiger partial charge on any atom is 0.337 e. The van der Waals surface area contributed by atoms with Gasteiger partial charge in [0, 0.05) is 10.4 Å². The van der Waals surface area contributed by atoms with Crippen LogP contribution in [0.1, 0.15) is 10.4 Å². The molecule has 2 aromatic carbocycles. The molecule has 3 N–H and O–H groups in total. The molecule has 3 nitrogen and oxygen atoms in total. The lowest BCUT2D eigenvalue weighted by Gasteiger charge is -2.05. The predicted octanol–water partition coefficient (Wildman–Crippen LogP) is 2.77. The lowest BCUT2D eigenvalue weighted by atomic mass is 10.0. The van der Waals surface area contributed by atoms with Gasteiger partial charge >= 0.3 is 5.97 Å². The van der Waals surface area contributed by atoms with Gasteiger partial charge in [-0.1, -0.05) is 23.7 Å². The van der Waals surface area contributed by atoms with E-state index in [0.717, 1.165) is 5.39 Å². The van der Waals surface area contributed by atoms with Crippen LogP contribution in [0.25, 0.3) is 10.8 Å². The highest BCUT2D eigenvalue weighted by Gasteiger charge is 2.10. The van der Waals surface area contributed by atoms with Gasteiger partial charge < -0.3 is 10.8 Å². The summed E-state index contributed by atoms with van der Waals surface area (Å²) in [7, 11) is 0. The average molecular weight is 222 g/mol. The van der Waals surface area contributed by atoms with Gasteiger partial charge in [-0.25, -0.2) is 4.79 Å². The zero-order valence-electron chi connectivity index (χ0n) is 7.70. The standard InChI is InChI=1S/C11H8ClNO2/c12-7-3-1-6-2-4-8(11(14)15)10(13)9(6)5-7/h1-5H,13H2,(H,14,15). The first kappa shape index (κ1) is 9.80. The second kappa shape index (κ2) is 3.44. The van der Waals surface area contributed by atoms with Crippen molar-refractivity contribution in [3.63, 3.8) is 0 Å². The van der Waals surface area contributed by atoms with Crippen LogP contribution in [0.4, 0.5) is 5.69 Å². The Morgan fingerprint density at radius 1 is 1.27 bits per heavy atom. The van der Waals surface area contributed by atoms with Crippen LogP contribution in [0.5, 0.6) is 0 Å². The minimum absolute atomic E-state index is 0.102. The van der Waals surface area contributed by atoms with Gasteiger partial charge in [0.2, 0.25) is 0 Å². The van der Waals surface area contributed by atoms with Crippen LogP contribution in [-0.4, -0.2) is 11.1 Å². The molecule has 0 amide bonds. The average Bonchev–Trinajstić information content (AvgIpc) is 2.19. The molecule has 2 aromatic rings. The largest absolute Gasteiger partial charge is 0.478 e. The van der Waals surface area contributed by atoms with E-state index in [1.807, 2.05) is 0 Å². The first-order valence-corrected chi connectivity index (χ1v) is 4.68. The Morgan fingerprint density at radius 2 is 1.93 bits per heavy atom. The first-order chi connectivity index (χ1) is 7.09. The van der Waals surface area contributed by atoms with E-state index in [-0.39, 0.29) is 11.3 Å². The van der Waals surface area contributed by atoms with Crippen molar-refractivity contribution in [2.45, 2.75) is 0 Å². The number of carboxylic acids is 1. The van der Waals surface area contributed by atoms with E-state index in [2.05, 4.69) is 0 Å². The van der Waals surface area contributed by atoms with Crippen molar-refractivity contribution in [1.29, 1.82) is 0 Å². The summed E-state index contributed by atoms with van der Waals surface area (Å²) in [6, 6.07) is 8.42. The lowest BCUT2D eigenvalue weighted by Crippen LogP contribution is -2.02. The molecule has 0 saturated carbocycles. The molecule has 0 fully saturated rings. The van der Waals surface area contributed by atoms with Crippen LogP contribution >= 0.6 is 11.6 Å². The number of rotatable bonds is 1. The molecular formula is C11H8ClNO2. The van der Waals surface area contributed by atoms with Crippen molar-refractivity contribution < 1.29 is 9.90 Å². The van der Waals surface area contributed by atoms with Crippen molar-refractivity contribution in [3.8, 4) is 0 Å². The fourth-order valence-electron chi connectivity index (χ4n) is 1.50. The van der Waals surface area contributed by atoms with E-state index in [1.54, 1.807) is 24.3 Å². The van der Waals surface area contributed by atoms with Crippen LogP contribution in [0, 0.1) is 0 Å². The summed E-state index contributed by atoms with van der Waals surface area (Å²) in [5.41, 5.74) is 6.10. The third kappa shape index (κ3) is 1.62. The van der Waals surface area contributed by atoms with Gasteiger partial charge in [-0.2, -0.15) is 0 Å². The number of benzene rings is 2. The van der Waals surface area contributed by atoms with Gasteiger partial charge in [-0.15, -0.1) is 0 Å². The summed E-state index contributed by atoms with van der Waals surface area (Å²) in [6.07, 6.45) is 0. The molecular weight excluding hydrogens is 214 g/mol. The third-order valence-electron chi connectivity index (χ3n) is 2.26. The van der Waals surface area contributed by atoms with Gasteiger partial charge in [-0.05, 0) is 23.6 Å². The van der Waals surface area contributed by atoms with Crippen molar-refractivity contribution in [1.82, 2.24) is 0 Å². The van der Waals surface area contributed by atoms with E-state index in [9.17, 15) is 4.79 Å². The van der Waals surface area contributed by atoms with Gasteiger partial charge in [0.25, 0.3) is 0 Å². The number of aromatic carboxylic acids is 1. The van der Waals surface area contributed by atoms with Crippen molar-refractivity contribution in [2.75, 3.05) is 5.73 Å². The summed E-state index contributed by atoms with van der Waals surface area (Å²) in [6.45, 7) is 0. The van der Waals surface area contributed by atoms with Crippen LogP contribution in [0.2, 0.25) is 5.02 Å². The molecule has 0 aliphatic carbocycles. The number of nitrogens with two attached hydrogens (primary N) is 1. The van der Waals surface area contributed by atoms with Crippen molar-refractivity contribution >= 4 is 34.0 Å². The Morgan fingerprint density at radius 3 is 2.60 bits per heavy atom. The van der Waals surface area contributed by atoms with Gasteiger partial charge in [0.15, 0.2) is 0 Å². The molecule has 0 aliphatic rings. The molecule has 0 saturated heterocycles. The number of hydrogen-bond acceptors (Lipinski definition) is 2. The van der Waals surface area contributed by atoms with E-state index < -0.39 is 5.97 Å². The maximum atomic E-state index is 10.8. The molecule has 76 valence electrons. The number of halogens is 1. The molecule has 0 aromatic heterocycles.